The summed E-state index contributed by atoms with van der Waals surface area (Å²) in [6.07, 6.45) is -10.3. The largest absolute Gasteiger partial charge is 0.416 e. The van der Waals surface area contributed by atoms with E-state index < -0.39 is 35.1 Å². The van der Waals surface area contributed by atoms with Crippen LogP contribution in [0, 0.1) is 7.14 Å². The van der Waals surface area contributed by atoms with E-state index in [1.54, 1.807) is 18.2 Å². The second-order valence-corrected chi connectivity index (χ2v) is 11.4. The molecule has 0 amide bonds. The molecule has 190 valence electrons. The lowest BCUT2D eigenvalue weighted by Crippen LogP contribution is -2.21. The summed E-state index contributed by atoms with van der Waals surface area (Å²) >= 11 is 3.73. The predicted octanol–water partition coefficient (Wildman–Crippen LogP) is 10.3. The fraction of sp³-hybridized carbons (Fsp3) is 0.280. The molecule has 0 aromatic heterocycles. The van der Waals surface area contributed by atoms with Gasteiger partial charge in [0.05, 0.1) is 17.2 Å². The summed E-state index contributed by atoms with van der Waals surface area (Å²) in [6, 6.07) is 10.4. The van der Waals surface area contributed by atoms with Gasteiger partial charge in [0.2, 0.25) is 0 Å². The van der Waals surface area contributed by atoms with Crippen LogP contribution in [0.1, 0.15) is 54.6 Å². The van der Waals surface area contributed by atoms with Crippen molar-refractivity contribution in [3.8, 4) is 11.1 Å². The number of halogens is 8. The maximum absolute atomic E-state index is 14.3. The van der Waals surface area contributed by atoms with Gasteiger partial charge in [-0.15, -0.1) is 0 Å². The molecule has 0 radical (unpaired) electrons. The van der Waals surface area contributed by atoms with E-state index in [0.29, 0.717) is 19.3 Å². The van der Waals surface area contributed by atoms with E-state index in [-0.39, 0.29) is 22.1 Å². The van der Waals surface area contributed by atoms with Crippen LogP contribution in [0.3, 0.4) is 0 Å². The molecule has 0 saturated carbocycles. The van der Waals surface area contributed by atoms with Gasteiger partial charge in [0.1, 0.15) is 0 Å². The molecule has 11 heteroatoms. The second kappa shape index (κ2) is 10.4. The van der Waals surface area contributed by atoms with Crippen LogP contribution in [0.25, 0.3) is 21.6 Å². The van der Waals surface area contributed by atoms with Crippen molar-refractivity contribution in [3.63, 3.8) is 0 Å². The van der Waals surface area contributed by atoms with Crippen molar-refractivity contribution < 1.29 is 26.3 Å². The average molecular weight is 729 g/mol. The van der Waals surface area contributed by atoms with Gasteiger partial charge in [0.15, 0.2) is 0 Å². The highest BCUT2D eigenvalue weighted by molar-refractivity contribution is 14.1. The number of benzene rings is 3. The van der Waals surface area contributed by atoms with Gasteiger partial charge in [-0.05, 0) is 108 Å². The van der Waals surface area contributed by atoms with Crippen LogP contribution < -0.4 is 0 Å². The van der Waals surface area contributed by atoms with E-state index in [4.69, 9.17) is 0 Å². The zero-order valence-electron chi connectivity index (χ0n) is 19.1. The molecule has 0 fully saturated rings. The summed E-state index contributed by atoms with van der Waals surface area (Å²) in [5.41, 5.74) is 5.67. The van der Waals surface area contributed by atoms with Crippen molar-refractivity contribution in [2.24, 2.45) is 5.11 Å². The van der Waals surface area contributed by atoms with Gasteiger partial charge in [0.25, 0.3) is 0 Å². The lowest BCUT2D eigenvalue weighted by Gasteiger charge is -2.27. The zero-order chi connectivity index (χ0) is 27.1. The van der Waals surface area contributed by atoms with Crippen molar-refractivity contribution in [3.05, 3.63) is 100.0 Å². The topological polar surface area (TPSA) is 48.8 Å². The normalized spacial score (nSPS) is 13.3. The molecule has 0 spiro atoms. The number of hydrogen-bond acceptors (Lipinski definition) is 1. The minimum Gasteiger partial charge on any atom is -0.166 e. The second-order valence-electron chi connectivity index (χ2n) is 9.06. The Morgan fingerprint density at radius 2 is 1.22 bits per heavy atom. The Balaban J connectivity index is 2.46. The van der Waals surface area contributed by atoms with E-state index in [1.807, 2.05) is 66.0 Å². The number of nitrogens with zero attached hydrogens (tertiary/aromatic N) is 3. The summed E-state index contributed by atoms with van der Waals surface area (Å²) in [5, 5.41) is 3.50. The Hall–Kier alpha value is -1.99. The van der Waals surface area contributed by atoms with E-state index in [1.165, 1.54) is 24.3 Å². The van der Waals surface area contributed by atoms with Crippen molar-refractivity contribution >= 4 is 45.2 Å². The molecule has 0 aliphatic rings. The van der Waals surface area contributed by atoms with E-state index >= 15 is 0 Å². The first-order valence-corrected chi connectivity index (χ1v) is 12.6. The lowest BCUT2D eigenvalue weighted by atomic mass is 9.84. The fourth-order valence-corrected chi connectivity index (χ4v) is 6.16. The van der Waals surface area contributed by atoms with E-state index in [9.17, 15) is 31.9 Å². The number of azide groups is 1. The maximum atomic E-state index is 14.3. The Labute approximate surface area is 231 Å². The van der Waals surface area contributed by atoms with Gasteiger partial charge < -0.3 is 0 Å². The fourth-order valence-electron chi connectivity index (χ4n) is 3.80. The smallest absolute Gasteiger partial charge is 0.166 e. The third-order valence-electron chi connectivity index (χ3n) is 5.56. The molecule has 0 heterocycles. The first-order valence-electron chi connectivity index (χ1n) is 10.5. The third-order valence-corrected chi connectivity index (χ3v) is 7.34. The molecule has 0 N–H and O–H groups in total. The molecule has 36 heavy (non-hydrogen) atoms. The van der Waals surface area contributed by atoms with Crippen molar-refractivity contribution in [2.45, 2.75) is 44.6 Å². The van der Waals surface area contributed by atoms with Gasteiger partial charge in [-0.2, -0.15) is 26.3 Å². The Morgan fingerprint density at radius 1 is 0.750 bits per heavy atom. The maximum Gasteiger partial charge on any atom is 0.416 e. The van der Waals surface area contributed by atoms with Crippen LogP contribution in [0.2, 0.25) is 0 Å². The van der Waals surface area contributed by atoms with Gasteiger partial charge in [-0.25, -0.2) is 0 Å². The summed E-state index contributed by atoms with van der Waals surface area (Å²) in [4.78, 5) is 2.65. The van der Waals surface area contributed by atoms with Gasteiger partial charge in [0, 0.05) is 12.1 Å². The van der Waals surface area contributed by atoms with Crippen molar-refractivity contribution in [2.75, 3.05) is 0 Å². The molecule has 3 rings (SSSR count). The quantitative estimate of drug-likeness (QED) is 0.0845. The summed E-state index contributed by atoms with van der Waals surface area (Å²) in [6.45, 7) is 5.81. The third kappa shape index (κ3) is 6.10. The molecule has 0 bridgehead atoms. The molecular formula is C25H19F6I2N3. The molecule has 3 aromatic rings. The minimum absolute atomic E-state index is 0.0884. The Bertz CT molecular complexity index is 1260. The molecule has 0 aliphatic heterocycles. The molecule has 3 nitrogen and oxygen atoms in total. The number of hydrogen-bond donors (Lipinski definition) is 0. The first kappa shape index (κ1) is 28.6. The highest BCUT2D eigenvalue weighted by Crippen LogP contribution is 2.48. The molecule has 1 unspecified atom stereocenters. The first-order chi connectivity index (χ1) is 16.6. The zero-order valence-corrected chi connectivity index (χ0v) is 23.5. The van der Waals surface area contributed by atoms with Gasteiger partial charge in [-0.1, -0.05) is 56.2 Å². The number of alkyl halides is 6. The van der Waals surface area contributed by atoms with Crippen molar-refractivity contribution in [1.82, 2.24) is 0 Å². The predicted molar refractivity (Wildman–Crippen MR) is 143 cm³/mol. The SMILES string of the molecule is CC(C)(C)c1cc(I)c(C(N=[N+]=[N-])c2c(C(F)(F)F)cc(-c3ccccc3)cc2C(F)(F)F)c(I)c1. The molecule has 0 aliphatic carbocycles. The van der Waals surface area contributed by atoms with Crippen LogP contribution in [0.5, 0.6) is 0 Å². The van der Waals surface area contributed by atoms with E-state index in [2.05, 4.69) is 10.0 Å². The highest BCUT2D eigenvalue weighted by Gasteiger charge is 2.44. The summed E-state index contributed by atoms with van der Waals surface area (Å²) in [7, 11) is 0. The van der Waals surface area contributed by atoms with Crippen LogP contribution in [0.15, 0.2) is 59.7 Å². The standard InChI is InChI=1S/C25H19F6I2N3/c1-23(2,3)15-11-18(32)21(19(33)12-15)22(35-36-34)20-16(24(26,27)28)9-14(10-17(20)25(29,30)31)13-7-5-4-6-8-13/h4-12,22H,1-3H3. The van der Waals surface area contributed by atoms with Crippen LogP contribution in [-0.2, 0) is 17.8 Å². The lowest BCUT2D eigenvalue weighted by molar-refractivity contribution is -0.144. The van der Waals surface area contributed by atoms with Crippen LogP contribution in [0.4, 0.5) is 26.3 Å². The molecule has 0 saturated heterocycles. The van der Waals surface area contributed by atoms with Gasteiger partial charge >= 0.3 is 12.4 Å². The molecular weight excluding hydrogens is 710 g/mol. The molecule has 3 aromatic carbocycles. The minimum atomic E-state index is -5.15. The average Bonchev–Trinajstić information content (AvgIpc) is 2.76. The van der Waals surface area contributed by atoms with Crippen molar-refractivity contribution in [1.29, 1.82) is 0 Å². The Morgan fingerprint density at radius 3 is 1.61 bits per heavy atom. The monoisotopic (exact) mass is 729 g/mol. The van der Waals surface area contributed by atoms with Crippen LogP contribution in [-0.4, -0.2) is 0 Å². The Kier molecular flexibility index (Phi) is 8.26. The van der Waals surface area contributed by atoms with E-state index in [0.717, 1.165) is 5.56 Å². The van der Waals surface area contributed by atoms with Gasteiger partial charge in [-0.3, -0.25) is 0 Å². The van der Waals surface area contributed by atoms with Crippen LogP contribution >= 0.6 is 45.2 Å². The highest BCUT2D eigenvalue weighted by atomic mass is 127. The molecule has 1 atom stereocenters. The summed E-state index contributed by atoms with van der Waals surface area (Å²) in [5.74, 6) is 0. The summed E-state index contributed by atoms with van der Waals surface area (Å²) < 4.78 is 86.9. The number of rotatable bonds is 4.